The zero-order valence-corrected chi connectivity index (χ0v) is 14.9. The third-order valence-corrected chi connectivity index (χ3v) is 4.62. The molecule has 1 N–H and O–H groups in total. The van der Waals surface area contributed by atoms with Crippen LogP contribution in [0.25, 0.3) is 0 Å². The van der Waals surface area contributed by atoms with Crippen LogP contribution in [0.3, 0.4) is 0 Å². The van der Waals surface area contributed by atoms with Crippen molar-refractivity contribution in [3.63, 3.8) is 0 Å². The molecule has 0 bridgehead atoms. The molecule has 0 amide bonds. The largest absolute Gasteiger partial charge is 0.497 e. The fraction of sp³-hybridized carbons (Fsp3) is 0.294. The molecule has 0 spiro atoms. The van der Waals surface area contributed by atoms with Gasteiger partial charge in [-0.05, 0) is 66.3 Å². The highest BCUT2D eigenvalue weighted by molar-refractivity contribution is 14.1. The predicted octanol–water partition coefficient (Wildman–Crippen LogP) is 4.79. The van der Waals surface area contributed by atoms with Crippen molar-refractivity contribution in [1.82, 2.24) is 0 Å². The van der Waals surface area contributed by atoms with Crippen molar-refractivity contribution in [1.29, 1.82) is 0 Å². The maximum atomic E-state index is 5.47. The molecule has 1 atom stereocenters. The van der Waals surface area contributed by atoms with Gasteiger partial charge in [0.1, 0.15) is 11.5 Å². The molecule has 2 aromatic rings. The molecule has 2 rings (SSSR count). The zero-order chi connectivity index (χ0) is 15.4. The topological polar surface area (TPSA) is 30.5 Å². The first-order chi connectivity index (χ1) is 10.0. The number of anilines is 1. The van der Waals surface area contributed by atoms with Crippen LogP contribution in [0.15, 0.2) is 36.4 Å². The molecule has 0 aliphatic rings. The standard InChI is InChI=1S/C17H20INO2/c1-11-5-6-13(9-16(11)18)19-12(2)15-8-7-14(20-3)10-17(15)21-4/h5-10,12,19H,1-4H3. The Morgan fingerprint density at radius 3 is 2.43 bits per heavy atom. The van der Waals surface area contributed by atoms with Gasteiger partial charge in [0.15, 0.2) is 0 Å². The average Bonchev–Trinajstić information content (AvgIpc) is 2.50. The van der Waals surface area contributed by atoms with E-state index in [0.717, 1.165) is 22.7 Å². The number of hydrogen-bond donors (Lipinski definition) is 1. The summed E-state index contributed by atoms with van der Waals surface area (Å²) in [7, 11) is 3.34. The number of methoxy groups -OCH3 is 2. The van der Waals surface area contributed by atoms with E-state index in [9.17, 15) is 0 Å². The summed E-state index contributed by atoms with van der Waals surface area (Å²) < 4.78 is 12.0. The van der Waals surface area contributed by atoms with Crippen molar-refractivity contribution >= 4 is 28.3 Å². The summed E-state index contributed by atoms with van der Waals surface area (Å²) >= 11 is 2.35. The molecule has 4 heteroatoms. The summed E-state index contributed by atoms with van der Waals surface area (Å²) in [5.41, 5.74) is 3.50. The van der Waals surface area contributed by atoms with Gasteiger partial charge in [-0.1, -0.05) is 6.07 Å². The van der Waals surface area contributed by atoms with Crippen LogP contribution in [0.5, 0.6) is 11.5 Å². The van der Waals surface area contributed by atoms with E-state index in [-0.39, 0.29) is 6.04 Å². The highest BCUT2D eigenvalue weighted by Gasteiger charge is 2.12. The minimum atomic E-state index is 0.143. The monoisotopic (exact) mass is 397 g/mol. The smallest absolute Gasteiger partial charge is 0.127 e. The van der Waals surface area contributed by atoms with Crippen molar-refractivity contribution in [2.45, 2.75) is 19.9 Å². The highest BCUT2D eigenvalue weighted by Crippen LogP contribution is 2.31. The van der Waals surface area contributed by atoms with E-state index >= 15 is 0 Å². The van der Waals surface area contributed by atoms with Crippen molar-refractivity contribution in [2.75, 3.05) is 19.5 Å². The molecule has 2 aromatic carbocycles. The van der Waals surface area contributed by atoms with Crippen molar-refractivity contribution < 1.29 is 9.47 Å². The van der Waals surface area contributed by atoms with Crippen LogP contribution in [0.1, 0.15) is 24.1 Å². The van der Waals surface area contributed by atoms with E-state index in [1.807, 2.05) is 18.2 Å². The number of nitrogens with one attached hydrogen (secondary N) is 1. The summed E-state index contributed by atoms with van der Waals surface area (Å²) in [5.74, 6) is 1.63. The summed E-state index contributed by atoms with van der Waals surface area (Å²) in [4.78, 5) is 0. The Labute approximate surface area is 139 Å². The van der Waals surface area contributed by atoms with E-state index in [2.05, 4.69) is 60.0 Å². The fourth-order valence-corrected chi connectivity index (χ4v) is 2.70. The third kappa shape index (κ3) is 3.81. The first-order valence-electron chi connectivity index (χ1n) is 6.79. The number of ether oxygens (including phenoxy) is 2. The second kappa shape index (κ2) is 7.02. The van der Waals surface area contributed by atoms with Crippen LogP contribution < -0.4 is 14.8 Å². The average molecular weight is 397 g/mol. The minimum Gasteiger partial charge on any atom is -0.497 e. The molecule has 0 radical (unpaired) electrons. The van der Waals surface area contributed by atoms with Crippen molar-refractivity contribution in [3.05, 3.63) is 51.1 Å². The van der Waals surface area contributed by atoms with Crippen LogP contribution in [0.2, 0.25) is 0 Å². The lowest BCUT2D eigenvalue weighted by Gasteiger charge is -2.19. The lowest BCUT2D eigenvalue weighted by atomic mass is 10.1. The second-order valence-electron chi connectivity index (χ2n) is 4.94. The van der Waals surface area contributed by atoms with E-state index in [1.54, 1.807) is 14.2 Å². The molecule has 0 heterocycles. The van der Waals surface area contributed by atoms with Gasteiger partial charge in [-0.2, -0.15) is 0 Å². The molecule has 3 nitrogen and oxygen atoms in total. The lowest BCUT2D eigenvalue weighted by molar-refractivity contribution is 0.390. The Kier molecular flexibility index (Phi) is 5.33. The summed E-state index contributed by atoms with van der Waals surface area (Å²) in [6, 6.07) is 12.4. The number of aryl methyl sites for hydroxylation is 1. The summed E-state index contributed by atoms with van der Waals surface area (Å²) in [6.07, 6.45) is 0. The minimum absolute atomic E-state index is 0.143. The van der Waals surface area contributed by atoms with E-state index < -0.39 is 0 Å². The Morgan fingerprint density at radius 1 is 1.05 bits per heavy atom. The van der Waals surface area contributed by atoms with Gasteiger partial charge < -0.3 is 14.8 Å². The van der Waals surface area contributed by atoms with Crippen LogP contribution in [-0.4, -0.2) is 14.2 Å². The quantitative estimate of drug-likeness (QED) is 0.736. The number of rotatable bonds is 5. The van der Waals surface area contributed by atoms with Gasteiger partial charge >= 0.3 is 0 Å². The normalized spacial score (nSPS) is 11.9. The SMILES string of the molecule is COc1ccc(C(C)Nc2ccc(C)c(I)c2)c(OC)c1. The molecule has 0 aliphatic carbocycles. The number of halogens is 1. The molecule has 0 saturated carbocycles. The molecule has 1 unspecified atom stereocenters. The van der Waals surface area contributed by atoms with Crippen molar-refractivity contribution in [2.24, 2.45) is 0 Å². The van der Waals surface area contributed by atoms with Gasteiger partial charge in [-0.3, -0.25) is 0 Å². The Bertz CT molecular complexity index is 628. The highest BCUT2D eigenvalue weighted by atomic mass is 127. The predicted molar refractivity (Wildman–Crippen MR) is 95.5 cm³/mol. The first kappa shape index (κ1) is 15.9. The molecule has 0 aromatic heterocycles. The summed E-state index contributed by atoms with van der Waals surface area (Å²) in [6.45, 7) is 4.23. The summed E-state index contributed by atoms with van der Waals surface area (Å²) in [5, 5.41) is 3.51. The number of benzene rings is 2. The fourth-order valence-electron chi connectivity index (χ4n) is 2.19. The maximum absolute atomic E-state index is 5.47. The Balaban J connectivity index is 2.23. The lowest BCUT2D eigenvalue weighted by Crippen LogP contribution is -2.08. The molecule has 0 fully saturated rings. The van der Waals surface area contributed by atoms with E-state index in [4.69, 9.17) is 9.47 Å². The van der Waals surface area contributed by atoms with Crippen molar-refractivity contribution in [3.8, 4) is 11.5 Å². The van der Waals surface area contributed by atoms with E-state index in [0.29, 0.717) is 0 Å². The van der Waals surface area contributed by atoms with Gasteiger partial charge in [0.05, 0.1) is 20.3 Å². The van der Waals surface area contributed by atoms with Crippen LogP contribution in [0.4, 0.5) is 5.69 Å². The Hall–Kier alpha value is -1.43. The van der Waals surface area contributed by atoms with Gasteiger partial charge in [0.2, 0.25) is 0 Å². The zero-order valence-electron chi connectivity index (χ0n) is 12.7. The molecular formula is C17H20INO2. The number of hydrogen-bond acceptors (Lipinski definition) is 3. The Morgan fingerprint density at radius 2 is 1.81 bits per heavy atom. The first-order valence-corrected chi connectivity index (χ1v) is 7.87. The second-order valence-corrected chi connectivity index (χ2v) is 6.10. The van der Waals surface area contributed by atoms with Gasteiger partial charge in [0.25, 0.3) is 0 Å². The van der Waals surface area contributed by atoms with Gasteiger partial charge in [-0.15, -0.1) is 0 Å². The molecule has 112 valence electrons. The maximum Gasteiger partial charge on any atom is 0.127 e. The molecule has 21 heavy (non-hydrogen) atoms. The van der Waals surface area contributed by atoms with Gasteiger partial charge in [0, 0.05) is 20.9 Å². The van der Waals surface area contributed by atoms with Crippen LogP contribution >= 0.6 is 22.6 Å². The molecule has 0 saturated heterocycles. The molecule has 0 aliphatic heterocycles. The van der Waals surface area contributed by atoms with Crippen LogP contribution in [0, 0.1) is 10.5 Å². The molecular weight excluding hydrogens is 377 g/mol. The van der Waals surface area contributed by atoms with Gasteiger partial charge in [-0.25, -0.2) is 0 Å². The van der Waals surface area contributed by atoms with Crippen LogP contribution in [-0.2, 0) is 0 Å². The van der Waals surface area contributed by atoms with E-state index in [1.165, 1.54) is 9.13 Å². The third-order valence-electron chi connectivity index (χ3n) is 3.46.